The van der Waals surface area contributed by atoms with Crippen molar-refractivity contribution in [3.8, 4) is 0 Å². The standard InChI is InChI=1S/C16H13N3O4S/c20-16(18-21)7-6-12-3-1-4-13(11-12)24(22,23)19-10-8-14-15(19)5-2-9-17-14/h1-11,21H,(H,18,20)/b7-6+. The first kappa shape index (κ1) is 15.9. The van der Waals surface area contributed by atoms with Crippen molar-refractivity contribution in [3.63, 3.8) is 0 Å². The monoisotopic (exact) mass is 343 g/mol. The van der Waals surface area contributed by atoms with Gasteiger partial charge in [0.25, 0.3) is 15.9 Å². The minimum Gasteiger partial charge on any atom is -0.288 e. The fraction of sp³-hybridized carbons (Fsp3) is 0. The molecule has 2 heterocycles. The number of amides is 1. The van der Waals surface area contributed by atoms with Crippen molar-refractivity contribution < 1.29 is 18.4 Å². The Hall–Kier alpha value is -2.97. The van der Waals surface area contributed by atoms with E-state index < -0.39 is 15.9 Å². The Morgan fingerprint density at radius 3 is 2.83 bits per heavy atom. The number of aromatic nitrogens is 2. The summed E-state index contributed by atoms with van der Waals surface area (Å²) >= 11 is 0. The highest BCUT2D eigenvalue weighted by molar-refractivity contribution is 7.90. The molecule has 1 amide bonds. The lowest BCUT2D eigenvalue weighted by atomic mass is 10.2. The average Bonchev–Trinajstić information content (AvgIpc) is 3.04. The summed E-state index contributed by atoms with van der Waals surface area (Å²) in [6.07, 6.45) is 5.55. The van der Waals surface area contributed by atoms with E-state index in [2.05, 4.69) is 4.98 Å². The van der Waals surface area contributed by atoms with Gasteiger partial charge in [0.15, 0.2) is 0 Å². The molecule has 0 saturated carbocycles. The van der Waals surface area contributed by atoms with Crippen LogP contribution >= 0.6 is 0 Å². The average molecular weight is 343 g/mol. The van der Waals surface area contributed by atoms with Crippen LogP contribution < -0.4 is 5.48 Å². The van der Waals surface area contributed by atoms with Crippen LogP contribution in [0.5, 0.6) is 0 Å². The number of nitrogens with one attached hydrogen (secondary N) is 1. The number of benzene rings is 1. The molecule has 0 radical (unpaired) electrons. The molecular formula is C16H13N3O4S. The van der Waals surface area contributed by atoms with Gasteiger partial charge in [-0.15, -0.1) is 0 Å². The molecule has 2 N–H and O–H groups in total. The van der Waals surface area contributed by atoms with Crippen molar-refractivity contribution >= 4 is 33.0 Å². The molecule has 0 bridgehead atoms. The summed E-state index contributed by atoms with van der Waals surface area (Å²) in [6.45, 7) is 0. The first-order valence-corrected chi connectivity index (χ1v) is 8.36. The maximum atomic E-state index is 12.8. The molecule has 0 aliphatic rings. The molecule has 8 heteroatoms. The zero-order valence-corrected chi connectivity index (χ0v) is 13.1. The van der Waals surface area contributed by atoms with Crippen LogP contribution in [0.15, 0.2) is 65.8 Å². The lowest BCUT2D eigenvalue weighted by Crippen LogP contribution is -2.14. The predicted molar refractivity (Wildman–Crippen MR) is 87.7 cm³/mol. The second-order valence-electron chi connectivity index (χ2n) is 4.91. The van der Waals surface area contributed by atoms with Gasteiger partial charge in [-0.25, -0.2) is 17.9 Å². The first-order chi connectivity index (χ1) is 11.5. The van der Waals surface area contributed by atoms with Gasteiger partial charge in [-0.1, -0.05) is 12.1 Å². The van der Waals surface area contributed by atoms with Crippen molar-refractivity contribution in [2.24, 2.45) is 0 Å². The molecule has 122 valence electrons. The zero-order chi connectivity index (χ0) is 17.2. The van der Waals surface area contributed by atoms with Gasteiger partial charge in [-0.3, -0.25) is 15.0 Å². The van der Waals surface area contributed by atoms with Gasteiger partial charge < -0.3 is 0 Å². The highest BCUT2D eigenvalue weighted by atomic mass is 32.2. The van der Waals surface area contributed by atoms with Gasteiger partial charge in [0.1, 0.15) is 0 Å². The number of nitrogens with zero attached hydrogens (tertiary/aromatic N) is 2. The second kappa shape index (κ2) is 6.26. The van der Waals surface area contributed by atoms with E-state index >= 15 is 0 Å². The molecule has 0 saturated heterocycles. The molecule has 3 rings (SSSR count). The van der Waals surface area contributed by atoms with E-state index in [-0.39, 0.29) is 4.90 Å². The summed E-state index contributed by atoms with van der Waals surface area (Å²) in [6, 6.07) is 11.1. The number of hydrogen-bond donors (Lipinski definition) is 2. The Labute approximate surface area is 137 Å². The second-order valence-corrected chi connectivity index (χ2v) is 6.72. The molecule has 0 unspecified atom stereocenters. The first-order valence-electron chi connectivity index (χ1n) is 6.92. The van der Waals surface area contributed by atoms with Crippen LogP contribution in [0.2, 0.25) is 0 Å². The Balaban J connectivity index is 2.04. The van der Waals surface area contributed by atoms with Crippen LogP contribution in [-0.2, 0) is 14.8 Å². The van der Waals surface area contributed by atoms with E-state index in [0.29, 0.717) is 16.6 Å². The van der Waals surface area contributed by atoms with Gasteiger partial charge in [-0.05, 0) is 42.0 Å². The van der Waals surface area contributed by atoms with E-state index in [1.807, 2.05) is 0 Å². The largest absolute Gasteiger partial charge is 0.288 e. The molecule has 0 spiro atoms. The van der Waals surface area contributed by atoms with Crippen LogP contribution in [0.3, 0.4) is 0 Å². The maximum Gasteiger partial charge on any atom is 0.268 e. The number of carbonyl (C=O) groups excluding carboxylic acids is 1. The SMILES string of the molecule is O=C(/C=C/c1cccc(S(=O)(=O)n2ccc3ncccc32)c1)NO. The van der Waals surface area contributed by atoms with Gasteiger partial charge in [0, 0.05) is 18.5 Å². The quantitative estimate of drug-likeness (QED) is 0.427. The molecule has 3 aromatic rings. The predicted octanol–water partition coefficient (Wildman–Crippen LogP) is 1.79. The Kier molecular flexibility index (Phi) is 4.15. The molecule has 1 aromatic carbocycles. The summed E-state index contributed by atoms with van der Waals surface area (Å²) < 4.78 is 26.9. The summed E-state index contributed by atoms with van der Waals surface area (Å²) in [7, 11) is -3.80. The summed E-state index contributed by atoms with van der Waals surface area (Å²) in [4.78, 5) is 15.2. The number of hydroxylamine groups is 1. The van der Waals surface area contributed by atoms with Gasteiger partial charge in [0.2, 0.25) is 0 Å². The number of hydrogen-bond acceptors (Lipinski definition) is 5. The third-order valence-corrected chi connectivity index (χ3v) is 5.06. The lowest BCUT2D eigenvalue weighted by molar-refractivity contribution is -0.124. The maximum absolute atomic E-state index is 12.8. The fourth-order valence-electron chi connectivity index (χ4n) is 2.25. The highest BCUT2D eigenvalue weighted by Crippen LogP contribution is 2.21. The Morgan fingerprint density at radius 2 is 2.04 bits per heavy atom. The number of carbonyl (C=O) groups is 1. The molecular weight excluding hydrogens is 330 g/mol. The Morgan fingerprint density at radius 1 is 1.21 bits per heavy atom. The van der Waals surface area contributed by atoms with Crippen LogP contribution in [-0.4, -0.2) is 28.5 Å². The minimum atomic E-state index is -3.80. The Bertz CT molecular complexity index is 1040. The van der Waals surface area contributed by atoms with Crippen LogP contribution in [0.1, 0.15) is 5.56 Å². The smallest absolute Gasteiger partial charge is 0.268 e. The summed E-state index contributed by atoms with van der Waals surface area (Å²) in [5.41, 5.74) is 3.04. The van der Waals surface area contributed by atoms with Crippen LogP contribution in [0.4, 0.5) is 0 Å². The van der Waals surface area contributed by atoms with Crippen molar-refractivity contribution in [1.82, 2.24) is 14.4 Å². The van der Waals surface area contributed by atoms with E-state index in [9.17, 15) is 13.2 Å². The molecule has 24 heavy (non-hydrogen) atoms. The zero-order valence-electron chi connectivity index (χ0n) is 12.3. The van der Waals surface area contributed by atoms with Crippen molar-refractivity contribution in [2.45, 2.75) is 4.90 Å². The number of rotatable bonds is 4. The van der Waals surface area contributed by atoms with Gasteiger partial charge >= 0.3 is 0 Å². The van der Waals surface area contributed by atoms with Crippen molar-refractivity contribution in [2.75, 3.05) is 0 Å². The van der Waals surface area contributed by atoms with E-state index in [1.165, 1.54) is 33.9 Å². The molecule has 2 aromatic heterocycles. The highest BCUT2D eigenvalue weighted by Gasteiger charge is 2.19. The van der Waals surface area contributed by atoms with E-state index in [1.54, 1.807) is 36.5 Å². The summed E-state index contributed by atoms with van der Waals surface area (Å²) in [5.74, 6) is -0.703. The third-order valence-electron chi connectivity index (χ3n) is 3.37. The molecule has 0 atom stereocenters. The lowest BCUT2D eigenvalue weighted by Gasteiger charge is -2.08. The van der Waals surface area contributed by atoms with Crippen molar-refractivity contribution in [1.29, 1.82) is 0 Å². The van der Waals surface area contributed by atoms with E-state index in [4.69, 9.17) is 5.21 Å². The normalized spacial score (nSPS) is 11.9. The fourth-order valence-corrected chi connectivity index (χ4v) is 3.65. The number of pyridine rings is 1. The van der Waals surface area contributed by atoms with E-state index in [0.717, 1.165) is 6.08 Å². The summed E-state index contributed by atoms with van der Waals surface area (Å²) in [5, 5.41) is 8.47. The van der Waals surface area contributed by atoms with Crippen LogP contribution in [0.25, 0.3) is 17.1 Å². The molecule has 0 fully saturated rings. The molecule has 7 nitrogen and oxygen atoms in total. The number of fused-ring (bicyclic) bond motifs is 1. The topological polar surface area (TPSA) is 101 Å². The van der Waals surface area contributed by atoms with Crippen molar-refractivity contribution in [3.05, 3.63) is 66.5 Å². The molecule has 0 aliphatic carbocycles. The van der Waals surface area contributed by atoms with Crippen LogP contribution in [0, 0.1) is 0 Å². The minimum absolute atomic E-state index is 0.0791. The van der Waals surface area contributed by atoms with Gasteiger partial charge in [0.05, 0.1) is 15.9 Å². The van der Waals surface area contributed by atoms with Gasteiger partial charge in [-0.2, -0.15) is 0 Å². The molecule has 0 aliphatic heterocycles. The third kappa shape index (κ3) is 2.92.